The first-order valence-electron chi connectivity index (χ1n) is 10.2. The summed E-state index contributed by atoms with van der Waals surface area (Å²) in [4.78, 5) is 15.0. The van der Waals surface area contributed by atoms with Crippen molar-refractivity contribution in [3.05, 3.63) is 92.0 Å². The number of carbonyl (C=O) groups excluding carboxylic acids is 1. The summed E-state index contributed by atoms with van der Waals surface area (Å²) in [5.74, 6) is 0.591. The van der Waals surface area contributed by atoms with Gasteiger partial charge < -0.3 is 9.47 Å². The van der Waals surface area contributed by atoms with E-state index in [0.717, 1.165) is 15.6 Å². The van der Waals surface area contributed by atoms with E-state index < -0.39 is 0 Å². The second-order valence-electron chi connectivity index (χ2n) is 7.17. The van der Waals surface area contributed by atoms with Crippen molar-refractivity contribution < 1.29 is 18.7 Å². The van der Waals surface area contributed by atoms with Gasteiger partial charge in [-0.1, -0.05) is 53.8 Å². The van der Waals surface area contributed by atoms with Gasteiger partial charge in [-0.25, -0.2) is 4.39 Å². The van der Waals surface area contributed by atoms with E-state index in [0.29, 0.717) is 38.0 Å². The number of ether oxygens (including phenoxy) is 2. The fraction of sp³-hybridized carbons (Fsp3) is 0.120. The second kappa shape index (κ2) is 10.9. The molecule has 0 spiro atoms. The molecule has 1 heterocycles. The molecular weight excluding hydrogens is 561 g/mol. The van der Waals surface area contributed by atoms with Crippen LogP contribution in [0.5, 0.6) is 11.5 Å². The Kier molecular flexibility index (Phi) is 7.93. The Bertz CT molecular complexity index is 1280. The number of thioether (sulfide) groups is 1. The van der Waals surface area contributed by atoms with Crippen LogP contribution in [0.1, 0.15) is 18.1 Å². The summed E-state index contributed by atoms with van der Waals surface area (Å²) < 4.78 is 25.9. The summed E-state index contributed by atoms with van der Waals surface area (Å²) in [5, 5.41) is 0.494. The molecule has 3 aromatic carbocycles. The van der Waals surface area contributed by atoms with Gasteiger partial charge in [0.1, 0.15) is 12.4 Å². The Morgan fingerprint density at radius 3 is 2.56 bits per heavy atom. The SMILES string of the molecule is CCOc1cc(/C=C2\SC(=S)N(c3ccc(Br)c(Cl)c3)C2=O)ccc1OCc1ccc(F)cc1. The van der Waals surface area contributed by atoms with Crippen molar-refractivity contribution in [2.45, 2.75) is 13.5 Å². The Morgan fingerprint density at radius 1 is 1.09 bits per heavy atom. The summed E-state index contributed by atoms with van der Waals surface area (Å²) in [6, 6.07) is 16.8. The van der Waals surface area contributed by atoms with Crippen molar-refractivity contribution in [3.8, 4) is 11.5 Å². The van der Waals surface area contributed by atoms with Crippen LogP contribution in [0.2, 0.25) is 5.02 Å². The molecule has 0 saturated carbocycles. The molecule has 34 heavy (non-hydrogen) atoms. The minimum Gasteiger partial charge on any atom is -0.490 e. The molecule has 0 bridgehead atoms. The molecule has 1 saturated heterocycles. The third kappa shape index (κ3) is 5.63. The fourth-order valence-corrected chi connectivity index (χ4v) is 4.93. The standard InChI is InChI=1S/C25H18BrClFNO3S2/c1-2-31-22-11-16(5-10-21(22)32-14-15-3-6-17(28)7-4-15)12-23-24(30)29(25(33)34-23)18-8-9-19(26)20(27)13-18/h3-13H,2,14H2,1H3/b23-12-. The van der Waals surface area contributed by atoms with Crippen LogP contribution in [-0.2, 0) is 11.4 Å². The monoisotopic (exact) mass is 577 g/mol. The Morgan fingerprint density at radius 2 is 1.85 bits per heavy atom. The maximum Gasteiger partial charge on any atom is 0.270 e. The number of benzene rings is 3. The van der Waals surface area contributed by atoms with Gasteiger partial charge in [0.25, 0.3) is 5.91 Å². The van der Waals surface area contributed by atoms with Crippen LogP contribution < -0.4 is 14.4 Å². The van der Waals surface area contributed by atoms with Crippen molar-refractivity contribution in [2.24, 2.45) is 0 Å². The van der Waals surface area contributed by atoms with Gasteiger partial charge in [0, 0.05) is 4.47 Å². The molecule has 0 aliphatic carbocycles. The number of hydrogen-bond acceptors (Lipinski definition) is 5. The maximum atomic E-state index is 13.1. The molecule has 0 unspecified atom stereocenters. The van der Waals surface area contributed by atoms with Gasteiger partial charge in [0.15, 0.2) is 15.8 Å². The molecule has 0 N–H and O–H groups in total. The lowest BCUT2D eigenvalue weighted by Gasteiger charge is -2.15. The average molecular weight is 579 g/mol. The molecule has 0 aromatic heterocycles. The highest BCUT2D eigenvalue weighted by Crippen LogP contribution is 2.39. The van der Waals surface area contributed by atoms with Crippen molar-refractivity contribution in [1.29, 1.82) is 0 Å². The van der Waals surface area contributed by atoms with Crippen LogP contribution in [0.4, 0.5) is 10.1 Å². The van der Waals surface area contributed by atoms with Crippen LogP contribution in [0.3, 0.4) is 0 Å². The third-order valence-corrected chi connectivity index (χ3v) is 7.36. The van der Waals surface area contributed by atoms with E-state index >= 15 is 0 Å². The van der Waals surface area contributed by atoms with Gasteiger partial charge in [-0.3, -0.25) is 9.69 Å². The first kappa shape index (κ1) is 24.7. The number of amides is 1. The molecule has 0 atom stereocenters. The lowest BCUT2D eigenvalue weighted by Crippen LogP contribution is -2.27. The zero-order chi connectivity index (χ0) is 24.2. The number of carbonyl (C=O) groups is 1. The third-order valence-electron chi connectivity index (χ3n) is 4.83. The van der Waals surface area contributed by atoms with Crippen molar-refractivity contribution in [2.75, 3.05) is 11.5 Å². The average Bonchev–Trinajstić information content (AvgIpc) is 3.09. The number of anilines is 1. The lowest BCUT2D eigenvalue weighted by atomic mass is 10.1. The topological polar surface area (TPSA) is 38.8 Å². The minimum atomic E-state index is -0.295. The van der Waals surface area contributed by atoms with Crippen molar-refractivity contribution in [3.63, 3.8) is 0 Å². The highest BCUT2D eigenvalue weighted by molar-refractivity contribution is 9.10. The highest BCUT2D eigenvalue weighted by atomic mass is 79.9. The van der Waals surface area contributed by atoms with E-state index in [2.05, 4.69) is 15.9 Å². The Hall–Kier alpha value is -2.39. The van der Waals surface area contributed by atoms with Crippen molar-refractivity contribution in [1.82, 2.24) is 0 Å². The van der Waals surface area contributed by atoms with E-state index in [1.807, 2.05) is 19.1 Å². The highest BCUT2D eigenvalue weighted by Gasteiger charge is 2.33. The van der Waals surface area contributed by atoms with Gasteiger partial charge in [-0.05, 0) is 82.5 Å². The van der Waals surface area contributed by atoms with E-state index in [-0.39, 0.29) is 18.3 Å². The molecule has 1 amide bonds. The largest absolute Gasteiger partial charge is 0.490 e. The molecule has 174 valence electrons. The number of thiocarbonyl (C=S) groups is 1. The Balaban J connectivity index is 1.55. The molecule has 1 aliphatic rings. The number of halogens is 3. The van der Waals surface area contributed by atoms with Crippen LogP contribution in [-0.4, -0.2) is 16.8 Å². The summed E-state index contributed by atoms with van der Waals surface area (Å²) >= 11 is 16.2. The van der Waals surface area contributed by atoms with E-state index in [9.17, 15) is 9.18 Å². The predicted molar refractivity (Wildman–Crippen MR) is 143 cm³/mol. The van der Waals surface area contributed by atoms with Gasteiger partial charge in [0.2, 0.25) is 0 Å². The van der Waals surface area contributed by atoms with E-state index in [4.69, 9.17) is 33.3 Å². The molecule has 4 nitrogen and oxygen atoms in total. The van der Waals surface area contributed by atoms with E-state index in [1.165, 1.54) is 28.8 Å². The normalized spacial score (nSPS) is 14.7. The van der Waals surface area contributed by atoms with E-state index in [1.54, 1.807) is 42.5 Å². The second-order valence-corrected chi connectivity index (χ2v) is 10.1. The fourth-order valence-electron chi connectivity index (χ4n) is 3.21. The smallest absolute Gasteiger partial charge is 0.270 e. The Labute approximate surface area is 219 Å². The van der Waals surface area contributed by atoms with Gasteiger partial charge in [-0.15, -0.1) is 0 Å². The molecule has 1 fully saturated rings. The number of rotatable bonds is 7. The molecule has 4 rings (SSSR count). The zero-order valence-electron chi connectivity index (χ0n) is 17.9. The molecule has 0 radical (unpaired) electrons. The van der Waals surface area contributed by atoms with Crippen LogP contribution in [0.25, 0.3) is 6.08 Å². The predicted octanol–water partition coefficient (Wildman–Crippen LogP) is 7.63. The zero-order valence-corrected chi connectivity index (χ0v) is 21.9. The van der Waals surface area contributed by atoms with Gasteiger partial charge in [0.05, 0.1) is 22.2 Å². The number of hydrogen-bond donors (Lipinski definition) is 0. The summed E-state index contributed by atoms with van der Waals surface area (Å²) in [5.41, 5.74) is 2.22. The maximum absolute atomic E-state index is 13.1. The van der Waals surface area contributed by atoms with Crippen LogP contribution in [0, 0.1) is 5.82 Å². The summed E-state index contributed by atoms with van der Waals surface area (Å²) in [7, 11) is 0. The summed E-state index contributed by atoms with van der Waals surface area (Å²) in [6.45, 7) is 2.60. The van der Waals surface area contributed by atoms with Crippen molar-refractivity contribution >= 4 is 73.5 Å². The first-order valence-corrected chi connectivity index (χ1v) is 12.6. The summed E-state index contributed by atoms with van der Waals surface area (Å²) in [6.07, 6.45) is 1.77. The molecule has 1 aliphatic heterocycles. The van der Waals surface area contributed by atoms with Gasteiger partial charge >= 0.3 is 0 Å². The van der Waals surface area contributed by atoms with Gasteiger partial charge in [-0.2, -0.15) is 0 Å². The molecule has 3 aromatic rings. The minimum absolute atomic E-state index is 0.219. The first-order chi connectivity index (χ1) is 16.4. The van der Waals surface area contributed by atoms with Crippen LogP contribution >= 0.6 is 51.5 Å². The quantitative estimate of drug-likeness (QED) is 0.213. The lowest BCUT2D eigenvalue weighted by molar-refractivity contribution is -0.113. The van der Waals surface area contributed by atoms with Crippen LogP contribution in [0.15, 0.2) is 70.0 Å². The molecule has 9 heteroatoms. The number of nitrogens with zero attached hydrogens (tertiary/aromatic N) is 1. The molecular formula is C25H18BrClFNO3S2.